The number of hydrogen-bond acceptors (Lipinski definition) is 3. The van der Waals surface area contributed by atoms with Crippen LogP contribution in [0, 0.1) is 0 Å². The SMILES string of the molecule is CCCC(=CCN)n1cncn1.Cl. The number of nitrogens with two attached hydrogens (primary N) is 1. The third kappa shape index (κ3) is 3.57. The van der Waals surface area contributed by atoms with Crippen molar-refractivity contribution in [3.05, 3.63) is 18.7 Å². The summed E-state index contributed by atoms with van der Waals surface area (Å²) in [7, 11) is 0. The quantitative estimate of drug-likeness (QED) is 0.801. The van der Waals surface area contributed by atoms with Crippen LogP contribution in [-0.4, -0.2) is 21.3 Å². The van der Waals surface area contributed by atoms with Crippen molar-refractivity contribution in [2.75, 3.05) is 6.54 Å². The van der Waals surface area contributed by atoms with Gasteiger partial charge in [0.1, 0.15) is 12.7 Å². The Bertz CT molecular complexity index is 243. The Labute approximate surface area is 84.3 Å². The second kappa shape index (κ2) is 6.62. The highest BCUT2D eigenvalue weighted by molar-refractivity contribution is 5.85. The van der Waals surface area contributed by atoms with E-state index in [4.69, 9.17) is 5.73 Å². The Morgan fingerprint density at radius 3 is 2.85 bits per heavy atom. The second-order valence-corrected chi connectivity index (χ2v) is 2.52. The van der Waals surface area contributed by atoms with Crippen molar-refractivity contribution in [2.24, 2.45) is 5.73 Å². The maximum absolute atomic E-state index is 5.43. The van der Waals surface area contributed by atoms with Crippen LogP contribution in [0.2, 0.25) is 0 Å². The topological polar surface area (TPSA) is 56.7 Å². The lowest BCUT2D eigenvalue weighted by molar-refractivity contribution is 0.819. The molecule has 0 bridgehead atoms. The minimum absolute atomic E-state index is 0. The molecule has 0 aliphatic rings. The van der Waals surface area contributed by atoms with E-state index in [1.807, 2.05) is 6.08 Å². The van der Waals surface area contributed by atoms with Gasteiger partial charge >= 0.3 is 0 Å². The third-order valence-electron chi connectivity index (χ3n) is 1.57. The van der Waals surface area contributed by atoms with Crippen LogP contribution in [0.3, 0.4) is 0 Å². The fourth-order valence-electron chi connectivity index (χ4n) is 1.06. The lowest BCUT2D eigenvalue weighted by atomic mass is 10.2. The van der Waals surface area contributed by atoms with Gasteiger partial charge in [-0.3, -0.25) is 0 Å². The van der Waals surface area contributed by atoms with E-state index in [-0.39, 0.29) is 12.4 Å². The summed E-state index contributed by atoms with van der Waals surface area (Å²) >= 11 is 0. The molecule has 4 nitrogen and oxygen atoms in total. The number of halogens is 1. The van der Waals surface area contributed by atoms with Crippen LogP contribution in [-0.2, 0) is 0 Å². The summed E-state index contributed by atoms with van der Waals surface area (Å²) in [6, 6.07) is 0. The van der Waals surface area contributed by atoms with Crippen molar-refractivity contribution in [3.63, 3.8) is 0 Å². The first-order valence-electron chi connectivity index (χ1n) is 4.12. The Balaban J connectivity index is 0.00000144. The van der Waals surface area contributed by atoms with Crippen LogP contribution >= 0.6 is 12.4 Å². The van der Waals surface area contributed by atoms with Crippen molar-refractivity contribution < 1.29 is 0 Å². The van der Waals surface area contributed by atoms with Gasteiger partial charge in [-0.1, -0.05) is 13.3 Å². The van der Waals surface area contributed by atoms with Crippen molar-refractivity contribution in [1.29, 1.82) is 0 Å². The highest BCUT2D eigenvalue weighted by Crippen LogP contribution is 2.08. The van der Waals surface area contributed by atoms with Crippen molar-refractivity contribution in [2.45, 2.75) is 19.8 Å². The first-order valence-corrected chi connectivity index (χ1v) is 4.12. The summed E-state index contributed by atoms with van der Waals surface area (Å²) in [4.78, 5) is 3.88. The van der Waals surface area contributed by atoms with Crippen LogP contribution in [0.5, 0.6) is 0 Å². The molecule has 0 unspecified atom stereocenters. The van der Waals surface area contributed by atoms with Gasteiger partial charge in [0.25, 0.3) is 0 Å². The zero-order valence-corrected chi connectivity index (χ0v) is 8.50. The maximum atomic E-state index is 5.43. The molecule has 1 aromatic rings. The second-order valence-electron chi connectivity index (χ2n) is 2.52. The molecule has 0 atom stereocenters. The molecule has 0 saturated heterocycles. The number of nitrogens with zero attached hydrogens (tertiary/aromatic N) is 3. The average Bonchev–Trinajstić information content (AvgIpc) is 2.56. The van der Waals surface area contributed by atoms with E-state index in [9.17, 15) is 0 Å². The van der Waals surface area contributed by atoms with Gasteiger partial charge in [0.2, 0.25) is 0 Å². The van der Waals surface area contributed by atoms with Gasteiger partial charge in [-0.05, 0) is 12.5 Å². The van der Waals surface area contributed by atoms with E-state index in [1.54, 1.807) is 11.0 Å². The Morgan fingerprint density at radius 2 is 2.38 bits per heavy atom. The molecule has 2 N–H and O–H groups in total. The number of rotatable bonds is 4. The Kier molecular flexibility index (Phi) is 6.18. The molecule has 74 valence electrons. The van der Waals surface area contributed by atoms with E-state index in [1.165, 1.54) is 6.33 Å². The molecule has 1 rings (SSSR count). The molecule has 1 aromatic heterocycles. The molecule has 0 saturated carbocycles. The van der Waals surface area contributed by atoms with Crippen molar-refractivity contribution in [1.82, 2.24) is 14.8 Å². The molecule has 0 spiro atoms. The van der Waals surface area contributed by atoms with Gasteiger partial charge in [0, 0.05) is 12.2 Å². The van der Waals surface area contributed by atoms with E-state index >= 15 is 0 Å². The highest BCUT2D eigenvalue weighted by atomic mass is 35.5. The fourth-order valence-corrected chi connectivity index (χ4v) is 1.06. The minimum atomic E-state index is 0. The molecule has 13 heavy (non-hydrogen) atoms. The first-order chi connectivity index (χ1) is 5.88. The molecular formula is C8H15ClN4. The Hall–Kier alpha value is -0.870. The molecule has 0 aliphatic heterocycles. The van der Waals surface area contributed by atoms with Crippen LogP contribution in [0.4, 0.5) is 0 Å². The van der Waals surface area contributed by atoms with Crippen LogP contribution < -0.4 is 5.73 Å². The molecule has 0 fully saturated rings. The third-order valence-corrected chi connectivity index (χ3v) is 1.57. The zero-order chi connectivity index (χ0) is 8.81. The summed E-state index contributed by atoms with van der Waals surface area (Å²) in [6.45, 7) is 2.68. The standard InChI is InChI=1S/C8H14N4.ClH/c1-2-3-8(4-5-9)12-7-10-6-11-12;/h4,6-7H,2-3,5,9H2,1H3;1H. The summed E-state index contributed by atoms with van der Waals surface area (Å²) in [6.07, 6.45) is 7.27. The normalized spacial score (nSPS) is 11.1. The van der Waals surface area contributed by atoms with Gasteiger partial charge in [-0.25, -0.2) is 9.67 Å². The molecule has 0 aliphatic carbocycles. The number of allylic oxidation sites excluding steroid dienone is 1. The van der Waals surface area contributed by atoms with Crippen LogP contribution in [0.15, 0.2) is 18.7 Å². The van der Waals surface area contributed by atoms with E-state index < -0.39 is 0 Å². The van der Waals surface area contributed by atoms with Gasteiger partial charge < -0.3 is 5.73 Å². The molecular weight excluding hydrogens is 188 g/mol. The first kappa shape index (κ1) is 12.1. The summed E-state index contributed by atoms with van der Waals surface area (Å²) in [5.74, 6) is 0. The molecule has 0 radical (unpaired) electrons. The van der Waals surface area contributed by atoms with Crippen molar-refractivity contribution in [3.8, 4) is 0 Å². The summed E-state index contributed by atoms with van der Waals surface area (Å²) < 4.78 is 1.76. The van der Waals surface area contributed by atoms with Crippen LogP contribution in [0.1, 0.15) is 19.8 Å². The molecule has 0 aromatic carbocycles. The van der Waals surface area contributed by atoms with Gasteiger partial charge in [0.15, 0.2) is 0 Å². The predicted molar refractivity (Wildman–Crippen MR) is 55.5 cm³/mol. The average molecular weight is 203 g/mol. The minimum Gasteiger partial charge on any atom is -0.327 e. The summed E-state index contributed by atoms with van der Waals surface area (Å²) in [5, 5.41) is 4.04. The van der Waals surface area contributed by atoms with E-state index in [0.29, 0.717) is 6.54 Å². The lowest BCUT2D eigenvalue weighted by Crippen LogP contribution is -2.02. The molecule has 1 heterocycles. The largest absolute Gasteiger partial charge is 0.327 e. The number of hydrogen-bond donors (Lipinski definition) is 1. The molecule has 0 amide bonds. The lowest BCUT2D eigenvalue weighted by Gasteiger charge is -2.03. The highest BCUT2D eigenvalue weighted by Gasteiger charge is 1.97. The summed E-state index contributed by atoms with van der Waals surface area (Å²) in [5.41, 5.74) is 6.55. The van der Waals surface area contributed by atoms with Crippen LogP contribution in [0.25, 0.3) is 5.70 Å². The van der Waals surface area contributed by atoms with Gasteiger partial charge in [0.05, 0.1) is 0 Å². The predicted octanol–water partition coefficient (Wildman–Crippen LogP) is 1.30. The monoisotopic (exact) mass is 202 g/mol. The maximum Gasteiger partial charge on any atom is 0.138 e. The van der Waals surface area contributed by atoms with E-state index in [0.717, 1.165) is 18.5 Å². The van der Waals surface area contributed by atoms with Gasteiger partial charge in [-0.2, -0.15) is 5.10 Å². The fraction of sp³-hybridized carbons (Fsp3) is 0.500. The smallest absolute Gasteiger partial charge is 0.138 e. The Morgan fingerprint density at radius 1 is 1.62 bits per heavy atom. The van der Waals surface area contributed by atoms with E-state index in [2.05, 4.69) is 17.0 Å². The van der Waals surface area contributed by atoms with Gasteiger partial charge in [-0.15, -0.1) is 12.4 Å². The molecule has 5 heteroatoms. The van der Waals surface area contributed by atoms with Crippen molar-refractivity contribution >= 4 is 18.1 Å². The zero-order valence-electron chi connectivity index (χ0n) is 7.68. The number of aromatic nitrogens is 3.